The predicted molar refractivity (Wildman–Crippen MR) is 37.7 cm³/mol. The molecule has 0 saturated carbocycles. The Hall–Kier alpha value is -0.530. The molecule has 0 spiro atoms. The maximum Gasteiger partial charge on any atom is 0.0994 e. The highest BCUT2D eigenvalue weighted by molar-refractivity contribution is 5.85. The summed E-state index contributed by atoms with van der Waals surface area (Å²) in [5, 5.41) is 0. The average molecular weight is 124 g/mol. The molecule has 2 aliphatic rings. The first kappa shape index (κ1) is 5.27. The Morgan fingerprint density at radius 1 is 1.67 bits per heavy atom. The van der Waals surface area contributed by atoms with Gasteiger partial charge in [-0.2, -0.15) is 0 Å². The molecule has 2 heteroatoms. The largest absolute Gasteiger partial charge is 0.358 e. The van der Waals surface area contributed by atoms with Crippen LogP contribution in [0.5, 0.6) is 0 Å². The van der Waals surface area contributed by atoms with E-state index in [1.165, 1.54) is 31.8 Å². The number of hydrogen-bond acceptors (Lipinski definition) is 2. The van der Waals surface area contributed by atoms with Crippen molar-refractivity contribution in [3.63, 3.8) is 0 Å². The van der Waals surface area contributed by atoms with Crippen LogP contribution in [0.15, 0.2) is 4.99 Å². The van der Waals surface area contributed by atoms with E-state index in [1.807, 2.05) is 0 Å². The molecule has 1 atom stereocenters. The quantitative estimate of drug-likeness (QED) is 0.468. The average Bonchev–Trinajstić information content (AvgIpc) is 2.22. The van der Waals surface area contributed by atoms with Gasteiger partial charge in [0, 0.05) is 19.5 Å². The number of rotatable bonds is 0. The molecule has 0 bridgehead atoms. The molecular weight excluding hydrogens is 112 g/mol. The fraction of sp³-hybridized carbons (Fsp3) is 0.857. The van der Waals surface area contributed by atoms with Gasteiger partial charge < -0.3 is 4.90 Å². The lowest BCUT2D eigenvalue weighted by molar-refractivity contribution is 0.459. The second-order valence-corrected chi connectivity index (χ2v) is 2.94. The second-order valence-electron chi connectivity index (χ2n) is 2.94. The van der Waals surface area contributed by atoms with Gasteiger partial charge in [-0.3, -0.25) is 4.99 Å². The Bertz CT molecular complexity index is 151. The summed E-state index contributed by atoms with van der Waals surface area (Å²) < 4.78 is 0. The zero-order chi connectivity index (χ0) is 6.27. The second kappa shape index (κ2) is 1.72. The van der Waals surface area contributed by atoms with Crippen LogP contribution >= 0.6 is 0 Å². The van der Waals surface area contributed by atoms with E-state index in [2.05, 4.69) is 16.8 Å². The first-order chi connectivity index (χ1) is 4.36. The van der Waals surface area contributed by atoms with Crippen LogP contribution in [0.2, 0.25) is 0 Å². The molecule has 9 heavy (non-hydrogen) atoms. The minimum Gasteiger partial charge on any atom is -0.358 e. The highest BCUT2D eigenvalue weighted by Crippen LogP contribution is 2.18. The molecule has 0 amide bonds. The molecular formula is C7H12N2. The van der Waals surface area contributed by atoms with Crippen LogP contribution in [-0.2, 0) is 0 Å². The van der Waals surface area contributed by atoms with Crippen LogP contribution in [0.3, 0.4) is 0 Å². The van der Waals surface area contributed by atoms with Gasteiger partial charge >= 0.3 is 0 Å². The van der Waals surface area contributed by atoms with Crippen molar-refractivity contribution in [3.05, 3.63) is 0 Å². The van der Waals surface area contributed by atoms with E-state index in [9.17, 15) is 0 Å². The molecule has 1 fully saturated rings. The molecule has 50 valence electrons. The van der Waals surface area contributed by atoms with Crippen LogP contribution in [0.25, 0.3) is 0 Å². The predicted octanol–water partition coefficient (Wildman–Crippen LogP) is 0.883. The lowest BCUT2D eigenvalue weighted by atomic mass is 10.3. The van der Waals surface area contributed by atoms with Gasteiger partial charge in [0.15, 0.2) is 0 Å². The lowest BCUT2D eigenvalue weighted by Gasteiger charge is -2.10. The van der Waals surface area contributed by atoms with Crippen LogP contribution in [0.1, 0.15) is 19.8 Å². The third-order valence-electron chi connectivity index (χ3n) is 2.05. The lowest BCUT2D eigenvalue weighted by Crippen LogP contribution is -2.22. The van der Waals surface area contributed by atoms with Gasteiger partial charge in [-0.15, -0.1) is 0 Å². The van der Waals surface area contributed by atoms with E-state index in [0.717, 1.165) is 0 Å². The fourth-order valence-electron chi connectivity index (χ4n) is 1.67. The Morgan fingerprint density at radius 2 is 2.56 bits per heavy atom. The monoisotopic (exact) mass is 124 g/mol. The number of fused-ring (bicyclic) bond motifs is 1. The Labute approximate surface area is 55.6 Å². The zero-order valence-corrected chi connectivity index (χ0v) is 5.80. The highest BCUT2D eigenvalue weighted by Gasteiger charge is 2.25. The number of amidine groups is 1. The Balaban J connectivity index is 2.18. The smallest absolute Gasteiger partial charge is 0.0994 e. The maximum absolute atomic E-state index is 4.49. The molecule has 0 aromatic heterocycles. The third-order valence-corrected chi connectivity index (χ3v) is 2.05. The van der Waals surface area contributed by atoms with E-state index in [1.54, 1.807) is 0 Å². The normalized spacial score (nSPS) is 32.8. The number of hydrogen-bond donors (Lipinski definition) is 0. The first-order valence-electron chi connectivity index (χ1n) is 3.68. The molecule has 0 aliphatic carbocycles. The summed E-state index contributed by atoms with van der Waals surface area (Å²) in [7, 11) is 0. The molecule has 0 aromatic rings. The highest BCUT2D eigenvalue weighted by atomic mass is 15.3. The number of nitrogens with zero attached hydrogens (tertiary/aromatic N) is 2. The van der Waals surface area contributed by atoms with Crippen LogP contribution in [-0.4, -0.2) is 29.9 Å². The summed E-state index contributed by atoms with van der Waals surface area (Å²) >= 11 is 0. The molecule has 0 radical (unpaired) electrons. The van der Waals surface area contributed by atoms with E-state index in [4.69, 9.17) is 0 Å². The number of aliphatic imine (C=N–C) groups is 1. The maximum atomic E-state index is 4.49. The van der Waals surface area contributed by atoms with Gasteiger partial charge in [-0.25, -0.2) is 0 Å². The van der Waals surface area contributed by atoms with Gasteiger partial charge in [-0.1, -0.05) is 0 Å². The third kappa shape index (κ3) is 0.732. The van der Waals surface area contributed by atoms with Gasteiger partial charge in [0.2, 0.25) is 0 Å². The topological polar surface area (TPSA) is 15.6 Å². The molecule has 1 saturated heterocycles. The van der Waals surface area contributed by atoms with E-state index >= 15 is 0 Å². The van der Waals surface area contributed by atoms with Crippen molar-refractivity contribution in [2.24, 2.45) is 4.99 Å². The summed E-state index contributed by atoms with van der Waals surface area (Å²) in [4.78, 5) is 6.90. The van der Waals surface area contributed by atoms with E-state index in [-0.39, 0.29) is 0 Å². The molecule has 1 unspecified atom stereocenters. The summed E-state index contributed by atoms with van der Waals surface area (Å²) in [5.41, 5.74) is 0. The van der Waals surface area contributed by atoms with Crippen molar-refractivity contribution < 1.29 is 0 Å². The molecule has 2 heterocycles. The van der Waals surface area contributed by atoms with Gasteiger partial charge in [0.25, 0.3) is 0 Å². The molecule has 2 aliphatic heterocycles. The van der Waals surface area contributed by atoms with Crippen LogP contribution in [0, 0.1) is 0 Å². The molecule has 0 aromatic carbocycles. The standard InChI is InChI=1S/C7H12N2/c1-6-5-9-4-2-3-7(9)8-6/h6H,2-5H2,1H3. The summed E-state index contributed by atoms with van der Waals surface area (Å²) in [6, 6.07) is 0.570. The van der Waals surface area contributed by atoms with Crippen LogP contribution in [0.4, 0.5) is 0 Å². The molecule has 0 N–H and O–H groups in total. The Morgan fingerprint density at radius 3 is 3.33 bits per heavy atom. The van der Waals surface area contributed by atoms with Gasteiger partial charge in [0.05, 0.1) is 11.9 Å². The van der Waals surface area contributed by atoms with Crippen molar-refractivity contribution in [3.8, 4) is 0 Å². The van der Waals surface area contributed by atoms with Crippen molar-refractivity contribution >= 4 is 5.84 Å². The Kier molecular flexibility index (Phi) is 1.01. The van der Waals surface area contributed by atoms with E-state index < -0.39 is 0 Å². The summed E-state index contributed by atoms with van der Waals surface area (Å²) in [6.07, 6.45) is 2.55. The summed E-state index contributed by atoms with van der Waals surface area (Å²) in [6.45, 7) is 4.61. The minimum atomic E-state index is 0.570. The molecule has 2 nitrogen and oxygen atoms in total. The first-order valence-corrected chi connectivity index (χ1v) is 3.68. The van der Waals surface area contributed by atoms with Gasteiger partial charge in [-0.05, 0) is 13.3 Å². The summed E-state index contributed by atoms with van der Waals surface area (Å²) in [5.74, 6) is 1.36. The minimum absolute atomic E-state index is 0.570. The van der Waals surface area contributed by atoms with Crippen molar-refractivity contribution in [1.82, 2.24) is 4.90 Å². The SMILES string of the molecule is CC1CN2CCCC2=N1. The molecule has 2 rings (SSSR count). The van der Waals surface area contributed by atoms with E-state index in [0.29, 0.717) is 6.04 Å². The van der Waals surface area contributed by atoms with Crippen LogP contribution < -0.4 is 0 Å². The van der Waals surface area contributed by atoms with Crippen molar-refractivity contribution in [2.75, 3.05) is 13.1 Å². The zero-order valence-electron chi connectivity index (χ0n) is 5.80. The van der Waals surface area contributed by atoms with Crippen molar-refractivity contribution in [2.45, 2.75) is 25.8 Å². The fourth-order valence-corrected chi connectivity index (χ4v) is 1.67. The van der Waals surface area contributed by atoms with Crippen molar-refractivity contribution in [1.29, 1.82) is 0 Å². The van der Waals surface area contributed by atoms with Gasteiger partial charge in [0.1, 0.15) is 0 Å².